The number of hydrogen-bond donors (Lipinski definition) is 2. The Kier molecular flexibility index (Phi) is 12.4. The van der Waals surface area contributed by atoms with Crippen molar-refractivity contribution < 1.29 is 23.1 Å². The first-order valence-electron chi connectivity index (χ1n) is 15.0. The third-order valence-electron chi connectivity index (χ3n) is 8.16. The van der Waals surface area contributed by atoms with Crippen molar-refractivity contribution in [3.05, 3.63) is 82.0 Å². The summed E-state index contributed by atoms with van der Waals surface area (Å²) in [6.45, 7) is 5.88. The van der Waals surface area contributed by atoms with Crippen LogP contribution in [0.5, 0.6) is 0 Å². The molecule has 2 heterocycles. The highest BCUT2D eigenvalue weighted by atomic mass is 35.5. The number of carbonyl (C=O) groups excluding carboxylic acids is 2. The molecule has 1 fully saturated rings. The first-order chi connectivity index (χ1) is 21.8. The van der Waals surface area contributed by atoms with Gasteiger partial charge in [0.05, 0.1) is 23.4 Å². The van der Waals surface area contributed by atoms with Crippen LogP contribution in [0.4, 0.5) is 20.4 Å². The van der Waals surface area contributed by atoms with Crippen LogP contribution in [-0.2, 0) is 27.2 Å². The van der Waals surface area contributed by atoms with E-state index in [0.29, 0.717) is 17.6 Å². The topological polar surface area (TPSA) is 96.4 Å². The van der Waals surface area contributed by atoms with Crippen LogP contribution < -0.4 is 10.6 Å². The lowest BCUT2D eigenvalue weighted by molar-refractivity contribution is -0.191. The second-order valence-electron chi connectivity index (χ2n) is 11.1. The minimum absolute atomic E-state index is 0.0591. The van der Waals surface area contributed by atoms with Gasteiger partial charge in [-0.15, -0.1) is 0 Å². The number of aromatic nitrogens is 2. The number of fused-ring (bicyclic) bond motifs is 2. The molecule has 1 saturated heterocycles. The summed E-state index contributed by atoms with van der Waals surface area (Å²) < 4.78 is 34.2. The number of nitrogens with one attached hydrogen (secondary N) is 2. The maximum atomic E-state index is 14.7. The van der Waals surface area contributed by atoms with E-state index in [1.165, 1.54) is 48.1 Å². The highest BCUT2D eigenvalue weighted by molar-refractivity contribution is 6.30. The van der Waals surface area contributed by atoms with Gasteiger partial charge in [-0.3, -0.25) is 0 Å². The number of piperidine rings is 1. The van der Waals surface area contributed by atoms with Gasteiger partial charge in [0.15, 0.2) is 5.82 Å². The molecule has 1 aliphatic carbocycles. The molecule has 0 saturated carbocycles. The minimum Gasteiger partial charge on any atom is -0.386 e. The molecule has 2 N–H and O–H groups in total. The summed E-state index contributed by atoms with van der Waals surface area (Å²) in [5, 5.41) is 7.79. The Hall–Kier alpha value is -3.95. The number of halogens is 3. The van der Waals surface area contributed by atoms with Crippen molar-refractivity contribution in [3.8, 4) is 11.1 Å². The molecule has 6 rings (SSSR count). The predicted octanol–water partition coefficient (Wildman–Crippen LogP) is 6.69. The Morgan fingerprint density at radius 2 is 1.84 bits per heavy atom. The number of rotatable bonds is 7. The second kappa shape index (κ2) is 16.4. The largest absolute Gasteiger partial charge is 0.386 e. The molecule has 3 aromatic carbocycles. The van der Waals surface area contributed by atoms with Crippen molar-refractivity contribution in [1.29, 1.82) is 0 Å². The highest BCUT2D eigenvalue weighted by Crippen LogP contribution is 2.32. The van der Waals surface area contributed by atoms with Crippen molar-refractivity contribution in [2.75, 3.05) is 51.0 Å². The maximum Gasteiger partial charge on any atom is 0.373 e. The summed E-state index contributed by atoms with van der Waals surface area (Å²) in [6, 6.07) is 12.3. The first-order valence-corrected chi connectivity index (χ1v) is 15.3. The van der Waals surface area contributed by atoms with E-state index < -0.39 is 11.6 Å². The zero-order chi connectivity index (χ0) is 32.3. The third kappa shape index (κ3) is 8.83. The summed E-state index contributed by atoms with van der Waals surface area (Å²) >= 11 is 5.93. The number of hydrogen-bond acceptors (Lipinski definition) is 8. The van der Waals surface area contributed by atoms with Gasteiger partial charge in [-0.1, -0.05) is 17.7 Å². The van der Waals surface area contributed by atoms with Crippen molar-refractivity contribution in [1.82, 2.24) is 14.9 Å². The smallest absolute Gasteiger partial charge is 0.373 e. The second-order valence-corrected chi connectivity index (χ2v) is 11.5. The number of anilines is 2. The molecular formula is C34H38ClF2N5O3. The quantitative estimate of drug-likeness (QED) is 0.231. The van der Waals surface area contributed by atoms with Crippen molar-refractivity contribution in [2.24, 2.45) is 0 Å². The molecule has 0 radical (unpaired) electrons. The zero-order valence-electron chi connectivity index (χ0n) is 25.8. The van der Waals surface area contributed by atoms with Crippen LogP contribution in [0.15, 0.2) is 48.7 Å². The van der Waals surface area contributed by atoms with Crippen molar-refractivity contribution in [3.63, 3.8) is 0 Å². The monoisotopic (exact) mass is 637 g/mol. The lowest BCUT2D eigenvalue weighted by Gasteiger charge is -2.32. The highest BCUT2D eigenvalue weighted by Gasteiger charge is 2.20. The third-order valence-corrected chi connectivity index (χ3v) is 8.38. The van der Waals surface area contributed by atoms with Gasteiger partial charge in [-0.25, -0.2) is 18.7 Å². The van der Waals surface area contributed by atoms with Gasteiger partial charge in [-0.05, 0) is 97.7 Å². The van der Waals surface area contributed by atoms with Crippen LogP contribution in [0, 0.1) is 18.6 Å². The Balaban J connectivity index is 0.000000272. The first kappa shape index (κ1) is 33.9. The van der Waals surface area contributed by atoms with Gasteiger partial charge in [0.2, 0.25) is 5.95 Å². The van der Waals surface area contributed by atoms with Crippen LogP contribution >= 0.6 is 11.6 Å². The van der Waals surface area contributed by atoms with Crippen LogP contribution in [0.25, 0.3) is 22.0 Å². The number of ether oxygens (including phenoxy) is 1. The lowest BCUT2D eigenvalue weighted by Crippen LogP contribution is -2.40. The van der Waals surface area contributed by atoms with E-state index in [1.807, 2.05) is 0 Å². The minimum atomic E-state index is -0.613. The Bertz CT molecular complexity index is 1640. The summed E-state index contributed by atoms with van der Waals surface area (Å²) in [5.41, 5.74) is 5.74. The molecule has 0 bridgehead atoms. The Labute approximate surface area is 267 Å². The zero-order valence-corrected chi connectivity index (χ0v) is 26.5. The normalized spacial score (nSPS) is 14.4. The summed E-state index contributed by atoms with van der Waals surface area (Å²) in [5.74, 6) is -0.644. The van der Waals surface area contributed by atoms with E-state index in [1.54, 1.807) is 38.6 Å². The van der Waals surface area contributed by atoms with E-state index in [9.17, 15) is 8.78 Å². The molecule has 4 aromatic rings. The molecule has 238 valence electrons. The van der Waals surface area contributed by atoms with Gasteiger partial charge >= 0.3 is 6.15 Å². The Morgan fingerprint density at radius 3 is 2.56 bits per heavy atom. The average molecular weight is 638 g/mol. The molecule has 45 heavy (non-hydrogen) atoms. The van der Waals surface area contributed by atoms with Gasteiger partial charge in [0.25, 0.3) is 0 Å². The molecule has 1 aromatic heterocycles. The Morgan fingerprint density at radius 1 is 1.09 bits per heavy atom. The standard InChI is InChI=1S/C23H27F2N5O.C10H11Cl.CO2/c1-26-20-6-4-18(24)21(22(20)25)15-3-5-19-16(13-15)14-27-23(29-19)28-17-7-9-30(10-8-17)11-12-31-2;1-7-5-9(11)6-8-3-2-4-10(7)8;2-1-3/h3-6,13-14,17,26H,7-12H2,1-2H3,(H,27,28,29);5-6H,2-4H2,1H3;. The van der Waals surface area contributed by atoms with E-state index >= 15 is 0 Å². The lowest BCUT2D eigenvalue weighted by atomic mass is 10.0. The van der Waals surface area contributed by atoms with Crippen molar-refractivity contribution in [2.45, 2.75) is 45.1 Å². The number of likely N-dealkylation sites (tertiary alicyclic amines) is 1. The molecule has 2 aliphatic rings. The predicted molar refractivity (Wildman–Crippen MR) is 173 cm³/mol. The maximum absolute atomic E-state index is 14.7. The van der Waals surface area contributed by atoms with E-state index in [0.717, 1.165) is 55.0 Å². The van der Waals surface area contributed by atoms with Crippen LogP contribution in [0.1, 0.15) is 36.0 Å². The van der Waals surface area contributed by atoms with Crippen LogP contribution in [0.2, 0.25) is 5.02 Å². The fourth-order valence-corrected chi connectivity index (χ4v) is 6.15. The van der Waals surface area contributed by atoms with E-state index in [4.69, 9.17) is 25.9 Å². The van der Waals surface area contributed by atoms with Gasteiger partial charge < -0.3 is 20.3 Å². The number of aryl methyl sites for hydroxylation is 2. The molecule has 1 aliphatic heterocycles. The number of nitrogens with zero attached hydrogens (tertiary/aromatic N) is 3. The molecule has 0 amide bonds. The summed E-state index contributed by atoms with van der Waals surface area (Å²) in [7, 11) is 3.33. The number of methoxy groups -OCH3 is 1. The summed E-state index contributed by atoms with van der Waals surface area (Å²) in [4.78, 5) is 27.7. The van der Waals surface area contributed by atoms with Crippen LogP contribution in [0.3, 0.4) is 0 Å². The van der Waals surface area contributed by atoms with Crippen LogP contribution in [-0.4, -0.2) is 67.5 Å². The molecule has 11 heteroatoms. The molecular weight excluding hydrogens is 600 g/mol. The van der Waals surface area contributed by atoms with Crippen molar-refractivity contribution >= 4 is 40.3 Å². The molecule has 0 unspecified atom stereocenters. The molecule has 8 nitrogen and oxygen atoms in total. The fraction of sp³-hybridized carbons (Fsp3) is 0.382. The van der Waals surface area contributed by atoms with Gasteiger partial charge in [0, 0.05) is 56.4 Å². The molecule has 0 spiro atoms. The summed E-state index contributed by atoms with van der Waals surface area (Å²) in [6.07, 6.45) is 7.75. The van der Waals surface area contributed by atoms with Gasteiger partial charge in [-0.2, -0.15) is 9.59 Å². The average Bonchev–Trinajstić information content (AvgIpc) is 3.51. The fourth-order valence-electron chi connectivity index (χ4n) is 5.85. The SMILES string of the molecule is CNc1ccc(F)c(-c2ccc3nc(NC4CCN(CCOC)CC4)ncc3c2)c1F.Cc1cc(Cl)cc2c1CCC2.O=C=O. The van der Waals surface area contributed by atoms with E-state index in [2.05, 4.69) is 44.6 Å². The number of benzene rings is 3. The van der Waals surface area contributed by atoms with Gasteiger partial charge in [0.1, 0.15) is 5.82 Å². The molecule has 0 atom stereocenters. The van der Waals surface area contributed by atoms with E-state index in [-0.39, 0.29) is 17.4 Å².